The first kappa shape index (κ1) is 13.0. The summed E-state index contributed by atoms with van der Waals surface area (Å²) in [5.41, 5.74) is 1.11. The summed E-state index contributed by atoms with van der Waals surface area (Å²) in [6, 6.07) is 6.69. The van der Waals surface area contributed by atoms with E-state index in [4.69, 9.17) is 0 Å². The van der Waals surface area contributed by atoms with Crippen molar-refractivity contribution < 1.29 is 0 Å². The lowest BCUT2D eigenvalue weighted by Crippen LogP contribution is -2.34. The summed E-state index contributed by atoms with van der Waals surface area (Å²) in [6.45, 7) is 3.19. The first-order valence-corrected chi connectivity index (χ1v) is 7.40. The molecule has 2 rings (SSSR count). The van der Waals surface area contributed by atoms with Gasteiger partial charge >= 0.3 is 0 Å². The molecule has 0 unspecified atom stereocenters. The molecule has 2 nitrogen and oxygen atoms in total. The van der Waals surface area contributed by atoms with E-state index in [1.165, 1.54) is 32.1 Å². The van der Waals surface area contributed by atoms with Crippen LogP contribution in [0.4, 0.5) is 0 Å². The lowest BCUT2D eigenvalue weighted by atomic mass is 9.84. The van der Waals surface area contributed by atoms with Gasteiger partial charge in [0.1, 0.15) is 4.60 Å². The first-order chi connectivity index (χ1) is 8.25. The summed E-state index contributed by atoms with van der Waals surface area (Å²) in [6.07, 6.45) is 7.02. The molecule has 0 bridgehead atoms. The van der Waals surface area contributed by atoms with E-state index in [0.717, 1.165) is 22.8 Å². The van der Waals surface area contributed by atoms with Gasteiger partial charge in [0.15, 0.2) is 0 Å². The van der Waals surface area contributed by atoms with Gasteiger partial charge in [-0.1, -0.05) is 25.3 Å². The van der Waals surface area contributed by atoms with Gasteiger partial charge in [0.2, 0.25) is 0 Å². The topological polar surface area (TPSA) is 24.9 Å². The number of halogens is 1. The Kier molecular flexibility index (Phi) is 4.99. The van der Waals surface area contributed by atoms with Gasteiger partial charge in [-0.25, -0.2) is 4.98 Å². The van der Waals surface area contributed by atoms with E-state index in [2.05, 4.69) is 39.2 Å². The molecule has 0 saturated heterocycles. The van der Waals surface area contributed by atoms with Gasteiger partial charge in [0.05, 0.1) is 5.69 Å². The lowest BCUT2D eigenvalue weighted by molar-refractivity contribution is 0.280. The summed E-state index contributed by atoms with van der Waals surface area (Å²) in [5, 5.41) is 3.61. The third kappa shape index (κ3) is 4.07. The molecule has 1 fully saturated rings. The molecule has 0 amide bonds. The lowest BCUT2D eigenvalue weighted by Gasteiger charge is -2.28. The van der Waals surface area contributed by atoms with E-state index in [1.807, 2.05) is 12.1 Å². The minimum Gasteiger partial charge on any atom is -0.308 e. The number of nitrogens with zero attached hydrogens (tertiary/aromatic N) is 1. The Morgan fingerprint density at radius 3 is 2.82 bits per heavy atom. The second-order valence-corrected chi connectivity index (χ2v) is 5.83. The van der Waals surface area contributed by atoms with Crippen LogP contribution >= 0.6 is 15.9 Å². The Balaban J connectivity index is 1.80. The fourth-order valence-electron chi connectivity index (χ4n) is 2.62. The molecule has 1 saturated carbocycles. The molecule has 1 aliphatic carbocycles. The third-order valence-corrected chi connectivity index (χ3v) is 4.18. The zero-order chi connectivity index (χ0) is 12.1. The highest BCUT2D eigenvalue weighted by molar-refractivity contribution is 9.10. The van der Waals surface area contributed by atoms with Gasteiger partial charge in [-0.2, -0.15) is 0 Å². The van der Waals surface area contributed by atoms with E-state index < -0.39 is 0 Å². The molecule has 1 heterocycles. The highest BCUT2D eigenvalue weighted by Gasteiger charge is 2.19. The summed E-state index contributed by atoms with van der Waals surface area (Å²) in [4.78, 5) is 4.44. The minimum absolute atomic E-state index is 0.607. The molecule has 1 aromatic heterocycles. The molecule has 1 N–H and O–H groups in total. The average Bonchev–Trinajstić information content (AvgIpc) is 2.37. The van der Waals surface area contributed by atoms with Crippen molar-refractivity contribution in [1.82, 2.24) is 10.3 Å². The van der Waals surface area contributed by atoms with Crippen LogP contribution in [0.2, 0.25) is 0 Å². The maximum atomic E-state index is 4.44. The van der Waals surface area contributed by atoms with Gasteiger partial charge in [-0.15, -0.1) is 0 Å². The molecule has 1 atom stereocenters. The summed E-state index contributed by atoms with van der Waals surface area (Å²) in [5.74, 6) is 0.857. The van der Waals surface area contributed by atoms with Crippen LogP contribution in [-0.4, -0.2) is 11.0 Å². The molecule has 0 aliphatic heterocycles. The van der Waals surface area contributed by atoms with Crippen LogP contribution in [0.25, 0.3) is 0 Å². The monoisotopic (exact) mass is 296 g/mol. The van der Waals surface area contributed by atoms with Crippen LogP contribution in [0.5, 0.6) is 0 Å². The number of hydrogen-bond donors (Lipinski definition) is 1. The molecule has 1 aromatic rings. The number of rotatable bonds is 4. The van der Waals surface area contributed by atoms with Gasteiger partial charge in [-0.05, 0) is 53.7 Å². The Morgan fingerprint density at radius 2 is 2.12 bits per heavy atom. The van der Waals surface area contributed by atoms with E-state index >= 15 is 0 Å². The van der Waals surface area contributed by atoms with Crippen molar-refractivity contribution in [2.75, 3.05) is 0 Å². The first-order valence-electron chi connectivity index (χ1n) is 6.60. The Bertz CT molecular complexity index is 348. The third-order valence-electron chi connectivity index (χ3n) is 3.73. The quantitative estimate of drug-likeness (QED) is 0.853. The molecular weight excluding hydrogens is 276 g/mol. The molecule has 1 aliphatic rings. The van der Waals surface area contributed by atoms with Crippen molar-refractivity contribution in [3.8, 4) is 0 Å². The Hall–Kier alpha value is -0.410. The molecule has 0 radical (unpaired) electrons. The van der Waals surface area contributed by atoms with Crippen LogP contribution in [0.15, 0.2) is 22.8 Å². The fraction of sp³-hybridized carbons (Fsp3) is 0.643. The van der Waals surface area contributed by atoms with Crippen molar-refractivity contribution in [2.45, 2.75) is 51.6 Å². The SMILES string of the molecule is C[C@H](NCc1cccc(Br)n1)C1CCCCC1. The van der Waals surface area contributed by atoms with Crippen LogP contribution < -0.4 is 5.32 Å². The zero-order valence-corrected chi connectivity index (χ0v) is 12.0. The second-order valence-electron chi connectivity index (χ2n) is 5.02. The standard InChI is InChI=1S/C14H21BrN2/c1-11(12-6-3-2-4-7-12)16-10-13-8-5-9-14(15)17-13/h5,8-9,11-12,16H,2-4,6-7,10H2,1H3/t11-/m0/s1. The van der Waals surface area contributed by atoms with Gasteiger partial charge in [0.25, 0.3) is 0 Å². The molecular formula is C14H21BrN2. The van der Waals surface area contributed by atoms with E-state index in [-0.39, 0.29) is 0 Å². The van der Waals surface area contributed by atoms with Gasteiger partial charge in [0, 0.05) is 12.6 Å². The Morgan fingerprint density at radius 1 is 1.35 bits per heavy atom. The molecule has 0 aromatic carbocycles. The van der Waals surface area contributed by atoms with E-state index in [0.29, 0.717) is 6.04 Å². The number of hydrogen-bond acceptors (Lipinski definition) is 2. The van der Waals surface area contributed by atoms with E-state index in [1.54, 1.807) is 0 Å². The maximum absolute atomic E-state index is 4.44. The smallest absolute Gasteiger partial charge is 0.106 e. The number of pyridine rings is 1. The van der Waals surface area contributed by atoms with E-state index in [9.17, 15) is 0 Å². The van der Waals surface area contributed by atoms with Crippen LogP contribution in [0, 0.1) is 5.92 Å². The number of nitrogens with one attached hydrogen (secondary N) is 1. The zero-order valence-electron chi connectivity index (χ0n) is 10.5. The molecule has 17 heavy (non-hydrogen) atoms. The second kappa shape index (κ2) is 6.50. The summed E-state index contributed by atoms with van der Waals surface area (Å²) in [7, 11) is 0. The normalized spacial score (nSPS) is 19.2. The molecule has 0 spiro atoms. The molecule has 94 valence electrons. The Labute approximate surface area is 112 Å². The average molecular weight is 297 g/mol. The fourth-order valence-corrected chi connectivity index (χ4v) is 3.00. The maximum Gasteiger partial charge on any atom is 0.106 e. The van der Waals surface area contributed by atoms with Crippen molar-refractivity contribution in [2.24, 2.45) is 5.92 Å². The summed E-state index contributed by atoms with van der Waals surface area (Å²) < 4.78 is 0.919. The van der Waals surface area contributed by atoms with Crippen molar-refractivity contribution in [1.29, 1.82) is 0 Å². The predicted molar refractivity (Wildman–Crippen MR) is 74.8 cm³/mol. The van der Waals surface area contributed by atoms with Gasteiger partial charge < -0.3 is 5.32 Å². The van der Waals surface area contributed by atoms with Crippen LogP contribution in [0.1, 0.15) is 44.7 Å². The highest BCUT2D eigenvalue weighted by Crippen LogP contribution is 2.26. The molecule has 3 heteroatoms. The van der Waals surface area contributed by atoms with Crippen molar-refractivity contribution in [3.63, 3.8) is 0 Å². The largest absolute Gasteiger partial charge is 0.308 e. The van der Waals surface area contributed by atoms with Crippen molar-refractivity contribution >= 4 is 15.9 Å². The summed E-state index contributed by atoms with van der Waals surface area (Å²) >= 11 is 3.41. The highest BCUT2D eigenvalue weighted by atomic mass is 79.9. The predicted octanol–water partition coefficient (Wildman–Crippen LogP) is 3.90. The van der Waals surface area contributed by atoms with Gasteiger partial charge in [-0.3, -0.25) is 0 Å². The minimum atomic E-state index is 0.607. The number of aromatic nitrogens is 1. The van der Waals surface area contributed by atoms with Crippen molar-refractivity contribution in [3.05, 3.63) is 28.5 Å². The van der Waals surface area contributed by atoms with Crippen LogP contribution in [0.3, 0.4) is 0 Å². The van der Waals surface area contributed by atoms with Crippen LogP contribution in [-0.2, 0) is 6.54 Å².